The highest BCUT2D eigenvalue weighted by molar-refractivity contribution is 5.99. The van der Waals surface area contributed by atoms with E-state index in [2.05, 4.69) is 10.6 Å². The molecule has 0 spiro atoms. The molecule has 0 saturated carbocycles. The van der Waals surface area contributed by atoms with Crippen LogP contribution in [0.5, 0.6) is 0 Å². The predicted molar refractivity (Wildman–Crippen MR) is 109 cm³/mol. The molecule has 168 valence electrons. The average Bonchev–Trinajstić information content (AvgIpc) is 2.72. The highest BCUT2D eigenvalue weighted by Gasteiger charge is 2.29. The summed E-state index contributed by atoms with van der Waals surface area (Å²) in [5.41, 5.74) is 5.50. The van der Waals surface area contributed by atoms with Gasteiger partial charge in [0.15, 0.2) is 6.04 Å². The predicted octanol–water partition coefficient (Wildman–Crippen LogP) is 4.41. The lowest BCUT2D eigenvalue weighted by atomic mass is 9.97. The Morgan fingerprint density at radius 2 is 1.84 bits per heavy atom. The Hall–Kier alpha value is -2.91. The molecule has 0 heterocycles. The normalized spacial score (nSPS) is 13.1. The summed E-state index contributed by atoms with van der Waals surface area (Å²) in [5, 5.41) is 4.01. The minimum absolute atomic E-state index is 0.000324. The topological polar surface area (TPSA) is 69.2 Å². The summed E-state index contributed by atoms with van der Waals surface area (Å²) in [6.45, 7) is 3.43. The number of hydrogen-bond donors (Lipinski definition) is 1. The van der Waals surface area contributed by atoms with Gasteiger partial charge in [-0.3, -0.25) is 0 Å². The zero-order chi connectivity index (χ0) is 23.0. The fourth-order valence-corrected chi connectivity index (χ4v) is 3.15. The van der Waals surface area contributed by atoms with Gasteiger partial charge in [0.1, 0.15) is 6.61 Å². The van der Waals surface area contributed by atoms with Gasteiger partial charge in [0.2, 0.25) is 0 Å². The third kappa shape index (κ3) is 6.80. The number of oxime groups is 1. The Kier molecular flexibility index (Phi) is 8.58. The van der Waals surface area contributed by atoms with Gasteiger partial charge in [0.25, 0.3) is 0 Å². The van der Waals surface area contributed by atoms with E-state index in [1.165, 1.54) is 20.3 Å². The van der Waals surface area contributed by atoms with Crippen molar-refractivity contribution in [3.8, 4) is 0 Å². The first-order valence-corrected chi connectivity index (χ1v) is 9.44. The molecule has 1 N–H and O–H groups in total. The Morgan fingerprint density at radius 1 is 1.13 bits per heavy atom. The molecule has 0 fully saturated rings. The van der Waals surface area contributed by atoms with E-state index in [9.17, 15) is 18.0 Å². The van der Waals surface area contributed by atoms with Crippen molar-refractivity contribution in [2.24, 2.45) is 5.16 Å². The van der Waals surface area contributed by atoms with E-state index in [-0.39, 0.29) is 12.2 Å². The number of ether oxygens (including phenoxy) is 1. The fraction of sp³-hybridized carbons (Fsp3) is 0.364. The molecular formula is C22H25F3N2O4. The summed E-state index contributed by atoms with van der Waals surface area (Å²) < 4.78 is 43.4. The van der Waals surface area contributed by atoms with Gasteiger partial charge >= 0.3 is 12.1 Å². The van der Waals surface area contributed by atoms with Gasteiger partial charge in [-0.2, -0.15) is 18.7 Å². The monoisotopic (exact) mass is 438 g/mol. The summed E-state index contributed by atoms with van der Waals surface area (Å²) in [5.74, 6) is -0.547. The van der Waals surface area contributed by atoms with E-state index in [1.54, 1.807) is 37.3 Å². The molecule has 2 rings (SSSR count). The van der Waals surface area contributed by atoms with Crippen molar-refractivity contribution in [1.82, 2.24) is 5.48 Å². The molecule has 2 aromatic rings. The van der Waals surface area contributed by atoms with E-state index in [0.717, 1.165) is 5.56 Å². The maximum atomic E-state index is 12.9. The largest absolute Gasteiger partial charge is 0.468 e. The van der Waals surface area contributed by atoms with Crippen LogP contribution < -0.4 is 5.48 Å². The molecule has 6 nitrogen and oxygen atoms in total. The van der Waals surface area contributed by atoms with Crippen LogP contribution in [0.4, 0.5) is 13.2 Å². The SMILES string of the molecule is CONC(C(=O)OC)c1cccc(C)c1CO/N=C(\C)c1ccccc1CC(F)(F)F. The first-order valence-electron chi connectivity index (χ1n) is 9.44. The zero-order valence-electron chi connectivity index (χ0n) is 17.7. The first-order chi connectivity index (χ1) is 14.7. The van der Waals surface area contributed by atoms with E-state index in [0.29, 0.717) is 22.4 Å². The molecule has 0 saturated heterocycles. The highest BCUT2D eigenvalue weighted by Crippen LogP contribution is 2.25. The Balaban J connectivity index is 2.26. The number of halogens is 3. The quantitative estimate of drug-likeness (QED) is 0.357. The van der Waals surface area contributed by atoms with E-state index in [4.69, 9.17) is 14.4 Å². The van der Waals surface area contributed by atoms with E-state index in [1.807, 2.05) is 13.0 Å². The van der Waals surface area contributed by atoms with Crippen molar-refractivity contribution in [3.05, 3.63) is 70.3 Å². The summed E-state index contributed by atoms with van der Waals surface area (Å²) in [4.78, 5) is 22.5. The molecule has 0 aliphatic rings. The number of hydroxylamine groups is 1. The highest BCUT2D eigenvalue weighted by atomic mass is 19.4. The van der Waals surface area contributed by atoms with E-state index >= 15 is 0 Å². The number of nitrogens with one attached hydrogen (secondary N) is 1. The summed E-state index contributed by atoms with van der Waals surface area (Å²) >= 11 is 0. The Morgan fingerprint density at radius 3 is 2.48 bits per heavy atom. The zero-order valence-corrected chi connectivity index (χ0v) is 17.7. The number of alkyl halides is 3. The smallest absolute Gasteiger partial charge is 0.393 e. The van der Waals surface area contributed by atoms with Crippen molar-refractivity contribution in [1.29, 1.82) is 0 Å². The minimum atomic E-state index is -4.33. The van der Waals surface area contributed by atoms with Crippen LogP contribution in [0.15, 0.2) is 47.6 Å². The molecule has 31 heavy (non-hydrogen) atoms. The summed E-state index contributed by atoms with van der Waals surface area (Å²) in [6.07, 6.45) is -5.38. The van der Waals surface area contributed by atoms with Crippen LogP contribution in [0.1, 0.15) is 40.8 Å². The average molecular weight is 438 g/mol. The molecule has 0 amide bonds. The van der Waals surface area contributed by atoms with Crippen molar-refractivity contribution in [3.63, 3.8) is 0 Å². The fourth-order valence-electron chi connectivity index (χ4n) is 3.15. The van der Waals surface area contributed by atoms with Gasteiger partial charge in [0, 0.05) is 11.1 Å². The molecule has 2 aromatic carbocycles. The standard InChI is InChI=1S/C22H25F3N2O4/c1-14-8-7-11-18(20(27-30-4)21(28)29-3)19(14)13-31-26-15(2)17-10-6-5-9-16(17)12-22(23,24)25/h5-11,20,27H,12-13H2,1-4H3/b26-15+. The number of methoxy groups -OCH3 is 1. The number of esters is 1. The third-order valence-electron chi connectivity index (χ3n) is 4.64. The third-order valence-corrected chi connectivity index (χ3v) is 4.64. The summed E-state index contributed by atoms with van der Waals surface area (Å²) in [6, 6.07) is 10.7. The van der Waals surface area contributed by atoms with Crippen LogP contribution in [-0.2, 0) is 32.2 Å². The first kappa shape index (κ1) is 24.4. The molecular weight excluding hydrogens is 413 g/mol. The molecule has 1 atom stereocenters. The molecule has 0 aliphatic carbocycles. The maximum Gasteiger partial charge on any atom is 0.393 e. The van der Waals surface area contributed by atoms with Crippen molar-refractivity contribution >= 4 is 11.7 Å². The van der Waals surface area contributed by atoms with Crippen LogP contribution in [0.25, 0.3) is 0 Å². The van der Waals surface area contributed by atoms with Crippen molar-refractivity contribution < 1.29 is 32.4 Å². The lowest BCUT2D eigenvalue weighted by Gasteiger charge is -2.19. The van der Waals surface area contributed by atoms with Gasteiger partial charge in [-0.1, -0.05) is 47.6 Å². The number of nitrogens with zero attached hydrogens (tertiary/aromatic N) is 1. The minimum Gasteiger partial charge on any atom is -0.468 e. The van der Waals surface area contributed by atoms with Crippen LogP contribution in [0.3, 0.4) is 0 Å². The molecule has 0 aromatic heterocycles. The molecule has 1 unspecified atom stereocenters. The lowest BCUT2D eigenvalue weighted by molar-refractivity contribution is -0.147. The second-order valence-electron chi connectivity index (χ2n) is 6.82. The van der Waals surface area contributed by atoms with E-state index < -0.39 is 24.6 Å². The Labute approximate surface area is 178 Å². The number of aryl methyl sites for hydroxylation is 1. The Bertz CT molecular complexity index is 929. The van der Waals surface area contributed by atoms with Gasteiger partial charge in [0.05, 0.1) is 26.4 Å². The van der Waals surface area contributed by atoms with Crippen LogP contribution in [-0.4, -0.2) is 32.1 Å². The van der Waals surface area contributed by atoms with Crippen LogP contribution in [0, 0.1) is 6.92 Å². The lowest BCUT2D eigenvalue weighted by Crippen LogP contribution is -2.30. The van der Waals surface area contributed by atoms with Crippen LogP contribution >= 0.6 is 0 Å². The van der Waals surface area contributed by atoms with Gasteiger partial charge in [-0.15, -0.1) is 0 Å². The molecule has 9 heteroatoms. The second-order valence-corrected chi connectivity index (χ2v) is 6.82. The van der Waals surface area contributed by atoms with Crippen LogP contribution in [0.2, 0.25) is 0 Å². The van der Waals surface area contributed by atoms with Gasteiger partial charge < -0.3 is 14.4 Å². The number of hydrogen-bond acceptors (Lipinski definition) is 6. The molecule has 0 radical (unpaired) electrons. The number of carbonyl (C=O) groups excluding carboxylic acids is 1. The second kappa shape index (κ2) is 10.9. The van der Waals surface area contributed by atoms with Crippen molar-refractivity contribution in [2.75, 3.05) is 14.2 Å². The van der Waals surface area contributed by atoms with Gasteiger partial charge in [-0.25, -0.2) is 4.79 Å². The molecule has 0 bridgehead atoms. The maximum absolute atomic E-state index is 12.9. The molecule has 0 aliphatic heterocycles. The summed E-state index contributed by atoms with van der Waals surface area (Å²) in [7, 11) is 2.65. The number of rotatable bonds is 9. The number of benzene rings is 2. The number of carbonyl (C=O) groups is 1. The van der Waals surface area contributed by atoms with Crippen molar-refractivity contribution in [2.45, 2.75) is 39.1 Å². The van der Waals surface area contributed by atoms with Gasteiger partial charge in [-0.05, 0) is 30.5 Å².